The minimum absolute atomic E-state index is 0.128. The van der Waals surface area contributed by atoms with Crippen molar-refractivity contribution in [3.05, 3.63) is 12.4 Å². The molecule has 1 atom stereocenters. The van der Waals surface area contributed by atoms with E-state index in [1.54, 1.807) is 0 Å². The molecule has 0 amide bonds. The van der Waals surface area contributed by atoms with Gasteiger partial charge in [-0.05, 0) is 12.8 Å². The van der Waals surface area contributed by atoms with Crippen molar-refractivity contribution in [1.29, 1.82) is 0 Å². The van der Waals surface area contributed by atoms with Crippen LogP contribution in [0, 0.1) is 0 Å². The quantitative estimate of drug-likeness (QED) is 0.570. The van der Waals surface area contributed by atoms with Crippen molar-refractivity contribution in [1.82, 2.24) is 9.80 Å². The molecule has 1 rings (SSSR count). The molecule has 5 heteroatoms. The Kier molecular flexibility index (Phi) is 8.11. The summed E-state index contributed by atoms with van der Waals surface area (Å²) in [5.74, 6) is -0.763. The second kappa shape index (κ2) is 9.64. The van der Waals surface area contributed by atoms with Gasteiger partial charge in [0.2, 0.25) is 0 Å². The summed E-state index contributed by atoms with van der Waals surface area (Å²) in [6.45, 7) is 3.48. The van der Waals surface area contributed by atoms with Crippen LogP contribution < -0.4 is 0 Å². The van der Waals surface area contributed by atoms with Crippen LogP contribution >= 0.6 is 0 Å². The largest absolute Gasteiger partial charge is 0.481 e. The van der Waals surface area contributed by atoms with Crippen LogP contribution in [0.4, 0.5) is 0 Å². The van der Waals surface area contributed by atoms with Crippen molar-refractivity contribution >= 4 is 5.97 Å². The van der Waals surface area contributed by atoms with Gasteiger partial charge in [-0.2, -0.15) is 0 Å². The Morgan fingerprint density at radius 1 is 1.10 bits per heavy atom. The lowest BCUT2D eigenvalue weighted by Crippen LogP contribution is -2.40. The summed E-state index contributed by atoms with van der Waals surface area (Å²) < 4.78 is 0. The van der Waals surface area contributed by atoms with E-state index in [0.29, 0.717) is 13.1 Å². The van der Waals surface area contributed by atoms with E-state index in [0.717, 1.165) is 12.8 Å². The summed E-state index contributed by atoms with van der Waals surface area (Å²) in [4.78, 5) is 14.9. The average molecular weight is 284 g/mol. The summed E-state index contributed by atoms with van der Waals surface area (Å²) in [5, 5.41) is 17.9. The zero-order valence-corrected chi connectivity index (χ0v) is 12.5. The Morgan fingerprint density at radius 3 is 2.35 bits per heavy atom. The molecule has 0 aromatic rings. The van der Waals surface area contributed by atoms with Gasteiger partial charge in [-0.3, -0.25) is 4.79 Å². The minimum Gasteiger partial charge on any atom is -0.481 e. The highest BCUT2D eigenvalue weighted by Crippen LogP contribution is 2.21. The van der Waals surface area contributed by atoms with Crippen LogP contribution in [-0.2, 0) is 4.79 Å². The molecule has 0 aliphatic carbocycles. The van der Waals surface area contributed by atoms with E-state index >= 15 is 0 Å². The fraction of sp³-hybridized carbons (Fsp3) is 0.800. The molecule has 20 heavy (non-hydrogen) atoms. The molecule has 1 unspecified atom stereocenters. The van der Waals surface area contributed by atoms with Crippen LogP contribution in [0.2, 0.25) is 0 Å². The first kappa shape index (κ1) is 16.8. The number of carboxylic acid groups (broad SMARTS) is 1. The van der Waals surface area contributed by atoms with Crippen molar-refractivity contribution in [2.45, 2.75) is 58.0 Å². The molecule has 0 fully saturated rings. The van der Waals surface area contributed by atoms with Gasteiger partial charge in [0.15, 0.2) is 0 Å². The van der Waals surface area contributed by atoms with Gasteiger partial charge < -0.3 is 20.0 Å². The van der Waals surface area contributed by atoms with E-state index in [1.165, 1.54) is 25.7 Å². The first-order valence-corrected chi connectivity index (χ1v) is 7.71. The number of β-amino-alcohol motifs (C(OH)–C–C–N with tert-alkyl or cyclic N) is 1. The second-order valence-corrected chi connectivity index (χ2v) is 5.32. The predicted octanol–water partition coefficient (Wildman–Crippen LogP) is 2.23. The third kappa shape index (κ3) is 5.82. The van der Waals surface area contributed by atoms with Crippen molar-refractivity contribution in [2.75, 3.05) is 19.7 Å². The van der Waals surface area contributed by atoms with E-state index in [4.69, 9.17) is 10.2 Å². The number of nitrogens with zero attached hydrogens (tertiary/aromatic N) is 2. The van der Waals surface area contributed by atoms with Crippen LogP contribution in [0.1, 0.15) is 51.9 Å². The van der Waals surface area contributed by atoms with Gasteiger partial charge in [-0.1, -0.05) is 32.6 Å². The van der Waals surface area contributed by atoms with Crippen molar-refractivity contribution in [3.63, 3.8) is 0 Å². The standard InChI is InChI=1S/C15H28N2O3/c1-2-3-4-5-6-7-14-16(9-8-15(19)20)10-11-17(14)12-13-18/h10-11,14,18H,2-9,12-13H2,1H3,(H,19,20). The van der Waals surface area contributed by atoms with Gasteiger partial charge in [0.25, 0.3) is 0 Å². The molecule has 2 N–H and O–H groups in total. The van der Waals surface area contributed by atoms with Crippen molar-refractivity contribution < 1.29 is 15.0 Å². The molecule has 1 aliphatic heterocycles. The number of carbonyl (C=O) groups is 1. The monoisotopic (exact) mass is 284 g/mol. The number of unbranched alkanes of at least 4 members (excludes halogenated alkanes) is 4. The Morgan fingerprint density at radius 2 is 1.75 bits per heavy atom. The fourth-order valence-corrected chi connectivity index (χ4v) is 2.61. The minimum atomic E-state index is -0.763. The lowest BCUT2D eigenvalue weighted by Gasteiger charge is -2.32. The van der Waals surface area contributed by atoms with Crippen LogP contribution in [0.5, 0.6) is 0 Å². The summed E-state index contributed by atoms with van der Waals surface area (Å²) in [7, 11) is 0. The normalized spacial score (nSPS) is 18.0. The number of carboxylic acids is 1. The van der Waals surface area contributed by atoms with Crippen molar-refractivity contribution in [2.24, 2.45) is 0 Å². The van der Waals surface area contributed by atoms with Crippen LogP contribution in [-0.4, -0.2) is 51.8 Å². The zero-order chi connectivity index (χ0) is 14.8. The molecule has 0 spiro atoms. The first-order valence-electron chi connectivity index (χ1n) is 7.71. The van der Waals surface area contributed by atoms with Crippen LogP contribution in [0.25, 0.3) is 0 Å². The molecule has 116 valence electrons. The van der Waals surface area contributed by atoms with Crippen LogP contribution in [0.3, 0.4) is 0 Å². The van der Waals surface area contributed by atoms with E-state index in [1.807, 2.05) is 12.4 Å². The molecule has 0 aromatic carbocycles. The first-order chi connectivity index (χ1) is 9.69. The van der Waals surface area contributed by atoms with Gasteiger partial charge in [-0.25, -0.2) is 0 Å². The third-order valence-corrected chi connectivity index (χ3v) is 3.72. The number of hydrogen-bond acceptors (Lipinski definition) is 4. The summed E-state index contributed by atoms with van der Waals surface area (Å²) in [6.07, 6.45) is 11.5. The maximum absolute atomic E-state index is 10.7. The van der Waals surface area contributed by atoms with Crippen LogP contribution in [0.15, 0.2) is 12.4 Å². The van der Waals surface area contributed by atoms with Gasteiger partial charge in [0, 0.05) is 25.5 Å². The zero-order valence-electron chi connectivity index (χ0n) is 12.5. The maximum atomic E-state index is 10.7. The van der Waals surface area contributed by atoms with Gasteiger partial charge in [0.1, 0.15) is 6.17 Å². The molecular formula is C15H28N2O3. The lowest BCUT2D eigenvalue weighted by atomic mass is 10.1. The second-order valence-electron chi connectivity index (χ2n) is 5.32. The van der Waals surface area contributed by atoms with Crippen molar-refractivity contribution in [3.8, 4) is 0 Å². The summed E-state index contributed by atoms with van der Waals surface area (Å²) >= 11 is 0. The molecule has 0 saturated heterocycles. The molecule has 1 aliphatic rings. The molecule has 0 radical (unpaired) electrons. The topological polar surface area (TPSA) is 64.0 Å². The third-order valence-electron chi connectivity index (χ3n) is 3.72. The Balaban J connectivity index is 2.38. The number of hydrogen-bond donors (Lipinski definition) is 2. The van der Waals surface area contributed by atoms with E-state index in [-0.39, 0.29) is 19.2 Å². The molecular weight excluding hydrogens is 256 g/mol. The number of aliphatic hydroxyl groups is 1. The predicted molar refractivity (Wildman–Crippen MR) is 79.1 cm³/mol. The van der Waals surface area contributed by atoms with E-state index < -0.39 is 5.97 Å². The Bertz CT molecular complexity index is 307. The molecule has 0 saturated carbocycles. The Labute approximate surface area is 121 Å². The maximum Gasteiger partial charge on any atom is 0.305 e. The number of rotatable bonds is 11. The number of aliphatic carboxylic acids is 1. The number of aliphatic hydroxyl groups excluding tert-OH is 1. The van der Waals surface area contributed by atoms with Gasteiger partial charge in [-0.15, -0.1) is 0 Å². The van der Waals surface area contributed by atoms with E-state index in [9.17, 15) is 4.79 Å². The highest BCUT2D eigenvalue weighted by Gasteiger charge is 2.25. The molecule has 0 bridgehead atoms. The van der Waals surface area contributed by atoms with E-state index in [2.05, 4.69) is 16.7 Å². The highest BCUT2D eigenvalue weighted by atomic mass is 16.4. The SMILES string of the molecule is CCCCCCCC1N(CCO)C=CN1CCC(=O)O. The fourth-order valence-electron chi connectivity index (χ4n) is 2.61. The highest BCUT2D eigenvalue weighted by molar-refractivity contribution is 5.66. The summed E-state index contributed by atoms with van der Waals surface area (Å²) in [5.41, 5.74) is 0. The Hall–Kier alpha value is -1.23. The average Bonchev–Trinajstić information content (AvgIpc) is 2.79. The summed E-state index contributed by atoms with van der Waals surface area (Å²) in [6, 6.07) is 0. The molecule has 0 aromatic heterocycles. The lowest BCUT2D eigenvalue weighted by molar-refractivity contribution is -0.137. The smallest absolute Gasteiger partial charge is 0.305 e. The molecule has 5 nitrogen and oxygen atoms in total. The van der Waals surface area contributed by atoms with Gasteiger partial charge in [0.05, 0.1) is 13.0 Å². The van der Waals surface area contributed by atoms with Gasteiger partial charge >= 0.3 is 5.97 Å². The molecule has 1 heterocycles.